The first-order valence-corrected chi connectivity index (χ1v) is 7.71. The van der Waals surface area contributed by atoms with Gasteiger partial charge in [-0.15, -0.1) is 0 Å². The molecule has 118 valence electrons. The molecule has 0 bridgehead atoms. The highest BCUT2D eigenvalue weighted by Crippen LogP contribution is 2.25. The lowest BCUT2D eigenvalue weighted by molar-refractivity contribution is -0.140. The lowest BCUT2D eigenvalue weighted by atomic mass is 9.99. The van der Waals surface area contributed by atoms with Crippen LogP contribution in [-0.4, -0.2) is 35.7 Å². The third-order valence-corrected chi connectivity index (χ3v) is 4.32. The van der Waals surface area contributed by atoms with Gasteiger partial charge >= 0.3 is 0 Å². The molecule has 2 rings (SSSR count). The first-order chi connectivity index (χ1) is 10.3. The second-order valence-electron chi connectivity index (χ2n) is 5.54. The van der Waals surface area contributed by atoms with Crippen molar-refractivity contribution in [3.63, 3.8) is 0 Å². The predicted molar refractivity (Wildman–Crippen MR) is 84.6 cm³/mol. The molecule has 1 aromatic carbocycles. The van der Waals surface area contributed by atoms with Crippen LogP contribution in [0.25, 0.3) is 0 Å². The number of amides is 3. The summed E-state index contributed by atoms with van der Waals surface area (Å²) in [6.45, 7) is 1.83. The van der Waals surface area contributed by atoms with E-state index >= 15 is 0 Å². The van der Waals surface area contributed by atoms with Gasteiger partial charge in [0.25, 0.3) is 0 Å². The molecule has 3 unspecified atom stereocenters. The maximum Gasteiger partial charge on any atom is 0.246 e. The molecule has 1 heterocycles. The lowest BCUT2D eigenvalue weighted by Crippen LogP contribution is -2.48. The van der Waals surface area contributed by atoms with Gasteiger partial charge in [0.1, 0.15) is 12.1 Å². The van der Waals surface area contributed by atoms with Crippen LogP contribution in [0.1, 0.15) is 24.9 Å². The molecule has 0 radical (unpaired) electrons. The van der Waals surface area contributed by atoms with Gasteiger partial charge in [-0.1, -0.05) is 35.0 Å². The molecule has 1 aliphatic rings. The van der Waals surface area contributed by atoms with E-state index in [0.717, 1.165) is 4.47 Å². The van der Waals surface area contributed by atoms with Crippen molar-refractivity contribution in [3.05, 3.63) is 34.3 Å². The lowest BCUT2D eigenvalue weighted by Gasteiger charge is -2.29. The molecular weight excluding hydrogens is 350 g/mol. The predicted octanol–water partition coefficient (Wildman–Crippen LogP) is 0.959. The first-order valence-electron chi connectivity index (χ1n) is 6.92. The zero-order valence-corrected chi connectivity index (χ0v) is 14.0. The Labute approximate surface area is 137 Å². The largest absolute Gasteiger partial charge is 0.368 e. The number of likely N-dealkylation sites (N-methyl/N-ethyl adjacent to an activating group) is 1. The van der Waals surface area contributed by atoms with Gasteiger partial charge in [0.2, 0.25) is 17.7 Å². The van der Waals surface area contributed by atoms with E-state index in [1.807, 2.05) is 13.0 Å². The number of nitrogens with one attached hydrogen (secondary N) is 1. The van der Waals surface area contributed by atoms with E-state index in [2.05, 4.69) is 21.2 Å². The minimum Gasteiger partial charge on any atom is -0.368 e. The van der Waals surface area contributed by atoms with Gasteiger partial charge in [0.05, 0.1) is 0 Å². The van der Waals surface area contributed by atoms with Crippen molar-refractivity contribution in [2.24, 2.45) is 11.7 Å². The number of carbonyl (C=O) groups is 3. The second-order valence-corrected chi connectivity index (χ2v) is 6.45. The molecule has 1 fully saturated rings. The number of hydrogen-bond acceptors (Lipinski definition) is 3. The Bertz CT molecular complexity index is 620. The van der Waals surface area contributed by atoms with Crippen molar-refractivity contribution in [1.82, 2.24) is 10.2 Å². The van der Waals surface area contributed by atoms with E-state index in [1.54, 1.807) is 18.2 Å². The topological polar surface area (TPSA) is 92.5 Å². The summed E-state index contributed by atoms with van der Waals surface area (Å²) < 4.78 is 0.791. The number of nitrogens with two attached hydrogens (primary N) is 1. The van der Waals surface area contributed by atoms with Gasteiger partial charge in [-0.2, -0.15) is 0 Å². The molecule has 0 spiro atoms. The van der Waals surface area contributed by atoms with Crippen molar-refractivity contribution in [2.75, 3.05) is 7.05 Å². The summed E-state index contributed by atoms with van der Waals surface area (Å²) in [6.07, 6.45) is 0.308. The summed E-state index contributed by atoms with van der Waals surface area (Å²) >= 11 is 3.34. The Morgan fingerprint density at radius 1 is 1.45 bits per heavy atom. The molecule has 0 saturated carbocycles. The average molecular weight is 368 g/mol. The fourth-order valence-corrected chi connectivity index (χ4v) is 3.11. The zero-order valence-electron chi connectivity index (χ0n) is 12.4. The summed E-state index contributed by atoms with van der Waals surface area (Å²) in [7, 11) is 1.52. The minimum atomic E-state index is -0.880. The highest BCUT2D eigenvalue weighted by atomic mass is 79.9. The SMILES string of the molecule is CC1CC(=O)NC1C(=O)N(C)C(C(N)=O)c1cccc(Br)c1. The van der Waals surface area contributed by atoms with Crippen molar-refractivity contribution in [3.8, 4) is 0 Å². The second kappa shape index (κ2) is 6.48. The van der Waals surface area contributed by atoms with Crippen LogP contribution < -0.4 is 11.1 Å². The van der Waals surface area contributed by atoms with Crippen LogP contribution >= 0.6 is 15.9 Å². The summed E-state index contributed by atoms with van der Waals surface area (Å²) in [6, 6.07) is 5.58. The summed E-state index contributed by atoms with van der Waals surface area (Å²) in [4.78, 5) is 37.2. The van der Waals surface area contributed by atoms with Crippen LogP contribution in [0.3, 0.4) is 0 Å². The number of benzene rings is 1. The summed E-state index contributed by atoms with van der Waals surface area (Å²) in [5.74, 6) is -1.20. The van der Waals surface area contributed by atoms with Crippen molar-refractivity contribution in [2.45, 2.75) is 25.4 Å². The highest BCUT2D eigenvalue weighted by molar-refractivity contribution is 9.10. The van der Waals surface area contributed by atoms with E-state index in [1.165, 1.54) is 11.9 Å². The van der Waals surface area contributed by atoms with E-state index in [-0.39, 0.29) is 17.7 Å². The Hall–Kier alpha value is -1.89. The molecule has 3 atom stereocenters. The van der Waals surface area contributed by atoms with Crippen molar-refractivity contribution in [1.29, 1.82) is 0 Å². The monoisotopic (exact) mass is 367 g/mol. The molecular formula is C15H18BrN3O3. The Kier molecular flexibility index (Phi) is 4.85. The van der Waals surface area contributed by atoms with Gasteiger partial charge in [-0.25, -0.2) is 0 Å². The number of rotatable bonds is 4. The maximum atomic E-state index is 12.6. The molecule has 0 aromatic heterocycles. The van der Waals surface area contributed by atoms with E-state index in [9.17, 15) is 14.4 Å². The van der Waals surface area contributed by atoms with Gasteiger partial charge < -0.3 is 16.0 Å². The molecule has 3 N–H and O–H groups in total. The van der Waals surface area contributed by atoms with E-state index < -0.39 is 18.0 Å². The Morgan fingerprint density at radius 2 is 2.14 bits per heavy atom. The van der Waals surface area contributed by atoms with Crippen LogP contribution in [0.15, 0.2) is 28.7 Å². The zero-order chi connectivity index (χ0) is 16.4. The van der Waals surface area contributed by atoms with Crippen molar-refractivity contribution >= 4 is 33.7 Å². The van der Waals surface area contributed by atoms with Crippen LogP contribution in [-0.2, 0) is 14.4 Å². The van der Waals surface area contributed by atoms with Crippen molar-refractivity contribution < 1.29 is 14.4 Å². The highest BCUT2D eigenvalue weighted by Gasteiger charge is 2.39. The van der Waals surface area contributed by atoms with Crippen LogP contribution in [0, 0.1) is 5.92 Å². The van der Waals surface area contributed by atoms with Gasteiger partial charge in [-0.05, 0) is 23.6 Å². The summed E-state index contributed by atoms with van der Waals surface area (Å²) in [5, 5.41) is 2.65. The van der Waals surface area contributed by atoms with Crippen LogP contribution in [0.5, 0.6) is 0 Å². The molecule has 1 saturated heterocycles. The number of halogens is 1. The third kappa shape index (κ3) is 3.30. The molecule has 1 aliphatic heterocycles. The maximum absolute atomic E-state index is 12.6. The fourth-order valence-electron chi connectivity index (χ4n) is 2.69. The third-order valence-electron chi connectivity index (χ3n) is 3.83. The first kappa shape index (κ1) is 16.5. The molecule has 1 aromatic rings. The normalized spacial score (nSPS) is 22.0. The van der Waals surface area contributed by atoms with E-state index in [0.29, 0.717) is 12.0 Å². The molecule has 0 aliphatic carbocycles. The number of hydrogen-bond donors (Lipinski definition) is 2. The molecule has 22 heavy (non-hydrogen) atoms. The molecule has 6 nitrogen and oxygen atoms in total. The standard InChI is InChI=1S/C15H18BrN3O3/c1-8-6-11(20)18-12(8)15(22)19(2)13(14(17)21)9-4-3-5-10(16)7-9/h3-5,7-8,12-13H,6H2,1-2H3,(H2,17,21)(H,18,20). The smallest absolute Gasteiger partial charge is 0.246 e. The summed E-state index contributed by atoms with van der Waals surface area (Å²) in [5.41, 5.74) is 6.10. The minimum absolute atomic E-state index is 0.113. The van der Waals surface area contributed by atoms with E-state index in [4.69, 9.17) is 5.73 Å². The fraction of sp³-hybridized carbons (Fsp3) is 0.400. The quantitative estimate of drug-likeness (QED) is 0.829. The number of primary amides is 1. The molecule has 3 amide bonds. The van der Waals surface area contributed by atoms with Gasteiger partial charge in [-0.3, -0.25) is 14.4 Å². The number of nitrogens with zero attached hydrogens (tertiary/aromatic N) is 1. The van der Waals surface area contributed by atoms with Gasteiger partial charge in [0.15, 0.2) is 0 Å². The Morgan fingerprint density at radius 3 is 2.64 bits per heavy atom. The average Bonchev–Trinajstić information content (AvgIpc) is 2.76. The van der Waals surface area contributed by atoms with Crippen LogP contribution in [0.2, 0.25) is 0 Å². The number of carbonyl (C=O) groups excluding carboxylic acids is 3. The molecule has 7 heteroatoms. The van der Waals surface area contributed by atoms with Crippen LogP contribution in [0.4, 0.5) is 0 Å². The Balaban J connectivity index is 2.27. The van der Waals surface area contributed by atoms with Gasteiger partial charge in [0, 0.05) is 17.9 Å².